The van der Waals surface area contributed by atoms with Crippen LogP contribution in [0.2, 0.25) is 0 Å². The molecule has 6 nitrogen and oxygen atoms in total. The average Bonchev–Trinajstić information content (AvgIpc) is 3.07. The number of aromatic amines is 2. The molecule has 3 aromatic rings. The van der Waals surface area contributed by atoms with Crippen molar-refractivity contribution < 1.29 is 0 Å². The van der Waals surface area contributed by atoms with Crippen molar-refractivity contribution in [3.05, 3.63) is 56.2 Å². The minimum atomic E-state index is 0. The summed E-state index contributed by atoms with van der Waals surface area (Å²) >= 11 is 0. The molecule has 0 radical (unpaired) electrons. The molecule has 0 aliphatic carbocycles. The zero-order valence-corrected chi connectivity index (χ0v) is 17.2. The second-order valence-electron chi connectivity index (χ2n) is 2.75. The quantitative estimate of drug-likeness (QED) is 0.371. The SMILES string of the molecule is Br.Cl.Cn1ccnc1.I.P.c1c[nH]cn1.c1c[nH]cn1. The van der Waals surface area contributed by atoms with Crippen LogP contribution in [-0.4, -0.2) is 29.5 Å². The van der Waals surface area contributed by atoms with Crippen LogP contribution in [0, 0.1) is 0 Å². The number of aromatic nitrogens is 6. The molecule has 0 aromatic carbocycles. The maximum absolute atomic E-state index is 3.78. The average molecular weight is 498 g/mol. The molecule has 2 N–H and O–H groups in total. The summed E-state index contributed by atoms with van der Waals surface area (Å²) in [6, 6.07) is 0. The molecule has 0 spiro atoms. The lowest BCUT2D eigenvalue weighted by atomic mass is 10.9. The topological polar surface area (TPSA) is 75.2 Å². The third kappa shape index (κ3) is 17.6. The second kappa shape index (κ2) is 20.9. The molecule has 3 heterocycles. The van der Waals surface area contributed by atoms with E-state index < -0.39 is 0 Å². The van der Waals surface area contributed by atoms with Crippen LogP contribution < -0.4 is 0 Å². The van der Waals surface area contributed by atoms with Crippen molar-refractivity contribution in [1.82, 2.24) is 29.5 Å². The van der Waals surface area contributed by atoms with E-state index in [1.165, 1.54) is 0 Å². The highest BCUT2D eigenvalue weighted by Crippen LogP contribution is 1.73. The standard InChI is InChI=1S/C4H6N2.2C3H4N2.BrH.ClH.HI.H3P/c1-6-3-2-5-4-6;2*1-2-5-3-4-1;;;;/h2-4H,1H3;2*1-3H,(H,4,5);3*1H;1H3. The summed E-state index contributed by atoms with van der Waals surface area (Å²) in [5.41, 5.74) is 0. The largest absolute Gasteiger partial charge is 0.351 e. The van der Waals surface area contributed by atoms with Gasteiger partial charge in [-0.15, -0.1) is 53.4 Å². The Kier molecular flexibility index (Phi) is 29.0. The van der Waals surface area contributed by atoms with Gasteiger partial charge in [0.1, 0.15) is 0 Å². The van der Waals surface area contributed by atoms with Gasteiger partial charge in [0.05, 0.1) is 19.0 Å². The third-order valence-electron chi connectivity index (χ3n) is 1.45. The van der Waals surface area contributed by atoms with E-state index in [1.54, 1.807) is 50.0 Å². The molecule has 0 aliphatic heterocycles. The summed E-state index contributed by atoms with van der Waals surface area (Å²) in [4.78, 5) is 16.6. The van der Waals surface area contributed by atoms with Gasteiger partial charge in [0.2, 0.25) is 0 Å². The van der Waals surface area contributed by atoms with Crippen LogP contribution in [0.15, 0.2) is 56.2 Å². The van der Waals surface area contributed by atoms with Crippen molar-refractivity contribution >= 4 is 63.3 Å². The van der Waals surface area contributed by atoms with Gasteiger partial charge < -0.3 is 14.5 Å². The number of H-pyrrole nitrogens is 2. The molecule has 10 heteroatoms. The molecule has 0 saturated heterocycles. The van der Waals surface area contributed by atoms with E-state index in [4.69, 9.17) is 0 Å². The van der Waals surface area contributed by atoms with Crippen LogP contribution in [0.4, 0.5) is 0 Å². The Morgan fingerprint density at radius 3 is 1.50 bits per heavy atom. The number of aryl methyl sites for hydroxylation is 1. The summed E-state index contributed by atoms with van der Waals surface area (Å²) in [7, 11) is 1.94. The molecule has 3 rings (SSSR count). The Labute approximate surface area is 155 Å². The molecular formula is C10H20BrClIN6P. The lowest BCUT2D eigenvalue weighted by molar-refractivity contribution is 0.913. The lowest BCUT2D eigenvalue weighted by Gasteiger charge is -1.76. The van der Waals surface area contributed by atoms with E-state index in [2.05, 4.69) is 24.9 Å². The van der Waals surface area contributed by atoms with Gasteiger partial charge in [0, 0.05) is 44.2 Å². The first-order chi connectivity index (χ1) is 7.89. The highest BCUT2D eigenvalue weighted by atomic mass is 127. The fraction of sp³-hybridized carbons (Fsp3) is 0.100. The first kappa shape index (κ1) is 27.8. The molecular weight excluding hydrogens is 477 g/mol. The van der Waals surface area contributed by atoms with Gasteiger partial charge in [0.15, 0.2) is 0 Å². The summed E-state index contributed by atoms with van der Waals surface area (Å²) in [5.74, 6) is 0. The minimum Gasteiger partial charge on any atom is -0.351 e. The number of nitrogens with one attached hydrogen (secondary N) is 2. The van der Waals surface area contributed by atoms with Gasteiger partial charge in [-0.25, -0.2) is 15.0 Å². The molecule has 116 valence electrons. The van der Waals surface area contributed by atoms with Crippen molar-refractivity contribution in [3.8, 4) is 0 Å². The summed E-state index contributed by atoms with van der Waals surface area (Å²) in [6.07, 6.45) is 15.6. The Balaban J connectivity index is -0.0000000876. The van der Waals surface area contributed by atoms with Crippen molar-refractivity contribution in [2.24, 2.45) is 7.05 Å². The summed E-state index contributed by atoms with van der Waals surface area (Å²) < 4.78 is 1.89. The van der Waals surface area contributed by atoms with Crippen LogP contribution >= 0.6 is 63.3 Å². The van der Waals surface area contributed by atoms with Gasteiger partial charge in [0.25, 0.3) is 0 Å². The fourth-order valence-electron chi connectivity index (χ4n) is 0.756. The second-order valence-corrected chi connectivity index (χ2v) is 2.75. The zero-order chi connectivity index (χ0) is 11.5. The Morgan fingerprint density at radius 1 is 0.900 bits per heavy atom. The lowest BCUT2D eigenvalue weighted by Crippen LogP contribution is -1.76. The number of hydrogen-bond acceptors (Lipinski definition) is 3. The highest BCUT2D eigenvalue weighted by Gasteiger charge is 1.69. The summed E-state index contributed by atoms with van der Waals surface area (Å²) in [6.45, 7) is 0. The molecule has 3 aromatic heterocycles. The van der Waals surface area contributed by atoms with Gasteiger partial charge in [-0.05, 0) is 0 Å². The van der Waals surface area contributed by atoms with E-state index in [9.17, 15) is 0 Å². The van der Waals surface area contributed by atoms with Crippen molar-refractivity contribution in [2.75, 3.05) is 0 Å². The zero-order valence-electron chi connectivity index (χ0n) is 10.9. The van der Waals surface area contributed by atoms with E-state index in [0.717, 1.165) is 0 Å². The van der Waals surface area contributed by atoms with Crippen LogP contribution in [0.25, 0.3) is 0 Å². The van der Waals surface area contributed by atoms with Gasteiger partial charge >= 0.3 is 0 Å². The van der Waals surface area contributed by atoms with Crippen LogP contribution in [0.5, 0.6) is 0 Å². The first-order valence-electron chi connectivity index (χ1n) is 4.67. The summed E-state index contributed by atoms with van der Waals surface area (Å²) in [5, 5.41) is 0. The number of hydrogen-bond donors (Lipinski definition) is 2. The first-order valence-corrected chi connectivity index (χ1v) is 4.67. The van der Waals surface area contributed by atoms with Gasteiger partial charge in [-0.1, -0.05) is 0 Å². The normalized spacial score (nSPS) is 6.65. The number of rotatable bonds is 0. The molecule has 1 unspecified atom stereocenters. The Morgan fingerprint density at radius 2 is 1.40 bits per heavy atom. The predicted molar refractivity (Wildman–Crippen MR) is 104 cm³/mol. The van der Waals surface area contributed by atoms with E-state index >= 15 is 0 Å². The van der Waals surface area contributed by atoms with Crippen molar-refractivity contribution in [3.63, 3.8) is 0 Å². The Bertz CT molecular complexity index is 362. The molecule has 0 saturated carbocycles. The van der Waals surface area contributed by atoms with Gasteiger partial charge in [-0.2, -0.15) is 9.90 Å². The van der Waals surface area contributed by atoms with E-state index in [0.29, 0.717) is 0 Å². The van der Waals surface area contributed by atoms with E-state index in [1.807, 2.05) is 17.8 Å². The number of nitrogens with zero attached hydrogens (tertiary/aromatic N) is 4. The van der Waals surface area contributed by atoms with Crippen LogP contribution in [0.3, 0.4) is 0 Å². The smallest absolute Gasteiger partial charge is 0.0943 e. The van der Waals surface area contributed by atoms with Crippen LogP contribution in [0.1, 0.15) is 0 Å². The molecule has 0 fully saturated rings. The highest BCUT2D eigenvalue weighted by molar-refractivity contribution is 14.0. The fourth-order valence-corrected chi connectivity index (χ4v) is 0.756. The Hall–Kier alpha value is -0.440. The van der Waals surface area contributed by atoms with Crippen LogP contribution in [-0.2, 0) is 7.05 Å². The van der Waals surface area contributed by atoms with E-state index in [-0.39, 0.29) is 63.3 Å². The molecule has 20 heavy (non-hydrogen) atoms. The molecule has 0 aliphatic rings. The maximum Gasteiger partial charge on any atom is 0.0943 e. The predicted octanol–water partition coefficient (Wildman–Crippen LogP) is 2.92. The number of halogens is 3. The van der Waals surface area contributed by atoms with Crippen molar-refractivity contribution in [2.45, 2.75) is 0 Å². The molecule has 1 atom stereocenters. The maximum atomic E-state index is 3.78. The molecule has 0 bridgehead atoms. The van der Waals surface area contributed by atoms with Gasteiger partial charge in [-0.3, -0.25) is 0 Å². The minimum absolute atomic E-state index is 0. The van der Waals surface area contributed by atoms with Crippen molar-refractivity contribution in [1.29, 1.82) is 0 Å². The monoisotopic (exact) mass is 496 g/mol. The molecule has 0 amide bonds. The third-order valence-corrected chi connectivity index (χ3v) is 1.45. The number of imidazole rings is 3.